The molecule has 4 rings (SSSR count). The Hall–Kier alpha value is -2.67. The summed E-state index contributed by atoms with van der Waals surface area (Å²) in [6, 6.07) is 12.0. The average Bonchev–Trinajstić information content (AvgIpc) is 3.40. The molecule has 1 fully saturated rings. The molecule has 1 aromatic carbocycles. The van der Waals surface area contributed by atoms with E-state index in [-0.39, 0.29) is 11.8 Å². The van der Waals surface area contributed by atoms with Gasteiger partial charge in [-0.05, 0) is 49.1 Å². The van der Waals surface area contributed by atoms with Crippen LogP contribution in [-0.2, 0) is 11.2 Å². The summed E-state index contributed by atoms with van der Waals surface area (Å²) in [6.07, 6.45) is 6.76. The van der Waals surface area contributed by atoms with Crippen molar-refractivity contribution in [2.45, 2.75) is 26.2 Å². The zero-order valence-electron chi connectivity index (χ0n) is 15.3. The van der Waals surface area contributed by atoms with Crippen LogP contribution in [0.2, 0.25) is 0 Å². The summed E-state index contributed by atoms with van der Waals surface area (Å²) >= 11 is 1.55. The highest BCUT2D eigenvalue weighted by molar-refractivity contribution is 7.17. The average molecular weight is 382 g/mol. The smallest absolute Gasteiger partial charge is 0.229 e. The second-order valence-electron chi connectivity index (χ2n) is 6.79. The SMILES string of the molecule is CCc1cccc(NC(=O)[C@H]2CCCN(c3nnc(-n4cccc4)s3)C2)c1. The molecule has 3 aromatic rings. The normalized spacial score (nSPS) is 17.1. The molecule has 0 unspecified atom stereocenters. The van der Waals surface area contributed by atoms with Crippen molar-refractivity contribution in [3.63, 3.8) is 0 Å². The standard InChI is InChI=1S/C20H23N5OS/c1-2-15-7-5-9-17(13-15)21-18(26)16-8-6-12-25(14-16)20-23-22-19(27-20)24-10-3-4-11-24/h3-5,7,9-11,13,16H,2,6,8,12,14H2,1H3,(H,21,26)/t16-/m0/s1. The van der Waals surface area contributed by atoms with E-state index in [9.17, 15) is 4.79 Å². The van der Waals surface area contributed by atoms with Crippen molar-refractivity contribution in [2.24, 2.45) is 5.92 Å². The van der Waals surface area contributed by atoms with Crippen LogP contribution in [0.4, 0.5) is 10.8 Å². The molecule has 0 saturated carbocycles. The monoisotopic (exact) mass is 381 g/mol. The third-order valence-corrected chi connectivity index (χ3v) is 5.89. The molecular weight excluding hydrogens is 358 g/mol. The maximum absolute atomic E-state index is 12.8. The minimum Gasteiger partial charge on any atom is -0.346 e. The molecule has 1 N–H and O–H groups in total. The van der Waals surface area contributed by atoms with Crippen LogP contribution in [0, 0.1) is 5.92 Å². The van der Waals surface area contributed by atoms with Crippen molar-refractivity contribution < 1.29 is 4.79 Å². The van der Waals surface area contributed by atoms with Gasteiger partial charge in [0.1, 0.15) is 0 Å². The van der Waals surface area contributed by atoms with E-state index in [0.717, 1.165) is 41.8 Å². The lowest BCUT2D eigenvalue weighted by Gasteiger charge is -2.31. The number of nitrogens with one attached hydrogen (secondary N) is 1. The van der Waals surface area contributed by atoms with Crippen LogP contribution in [0.1, 0.15) is 25.3 Å². The van der Waals surface area contributed by atoms with Crippen LogP contribution in [0.3, 0.4) is 0 Å². The minimum atomic E-state index is -0.0389. The van der Waals surface area contributed by atoms with Crippen molar-refractivity contribution in [1.82, 2.24) is 14.8 Å². The molecular formula is C20H23N5OS. The van der Waals surface area contributed by atoms with Gasteiger partial charge in [-0.15, -0.1) is 10.2 Å². The van der Waals surface area contributed by atoms with Crippen molar-refractivity contribution in [3.8, 4) is 5.13 Å². The Kier molecular flexibility index (Phi) is 5.20. The molecule has 3 heterocycles. The lowest BCUT2D eigenvalue weighted by Crippen LogP contribution is -2.40. The number of rotatable bonds is 5. The summed E-state index contributed by atoms with van der Waals surface area (Å²) in [5.74, 6) is 0.0473. The van der Waals surface area contributed by atoms with Crippen LogP contribution in [0.25, 0.3) is 5.13 Å². The molecule has 1 aliphatic heterocycles. The highest BCUT2D eigenvalue weighted by Crippen LogP contribution is 2.28. The van der Waals surface area contributed by atoms with Crippen LogP contribution >= 0.6 is 11.3 Å². The van der Waals surface area contributed by atoms with E-state index in [1.165, 1.54) is 5.56 Å². The van der Waals surface area contributed by atoms with Crippen molar-refractivity contribution in [1.29, 1.82) is 0 Å². The summed E-state index contributed by atoms with van der Waals surface area (Å²) in [5, 5.41) is 13.4. The first-order valence-corrected chi connectivity index (χ1v) is 10.2. The first-order valence-electron chi connectivity index (χ1n) is 9.34. The molecule has 0 bridgehead atoms. The Labute approximate surface area is 162 Å². The van der Waals surface area contributed by atoms with Gasteiger partial charge >= 0.3 is 0 Å². The number of hydrogen-bond donors (Lipinski definition) is 1. The van der Waals surface area contributed by atoms with Gasteiger partial charge in [0, 0.05) is 31.2 Å². The van der Waals surface area contributed by atoms with Gasteiger partial charge in [0.2, 0.25) is 16.2 Å². The maximum Gasteiger partial charge on any atom is 0.229 e. The number of aryl methyl sites for hydroxylation is 1. The fraction of sp³-hybridized carbons (Fsp3) is 0.350. The van der Waals surface area contributed by atoms with Crippen LogP contribution in [-0.4, -0.2) is 33.8 Å². The molecule has 140 valence electrons. The quantitative estimate of drug-likeness (QED) is 0.731. The highest BCUT2D eigenvalue weighted by Gasteiger charge is 2.28. The molecule has 6 nitrogen and oxygen atoms in total. The zero-order valence-corrected chi connectivity index (χ0v) is 16.2. The summed E-state index contributed by atoms with van der Waals surface area (Å²) in [4.78, 5) is 14.9. The number of hydrogen-bond acceptors (Lipinski definition) is 5. The van der Waals surface area contributed by atoms with Crippen LogP contribution in [0.15, 0.2) is 48.8 Å². The Balaban J connectivity index is 1.42. The van der Waals surface area contributed by atoms with Gasteiger partial charge in [0.05, 0.1) is 5.92 Å². The van der Waals surface area contributed by atoms with Crippen molar-refractivity contribution in [2.75, 3.05) is 23.3 Å². The molecule has 2 aromatic heterocycles. The largest absolute Gasteiger partial charge is 0.346 e. The fourth-order valence-electron chi connectivity index (χ4n) is 3.38. The Bertz CT molecular complexity index is 905. The Morgan fingerprint density at radius 1 is 1.22 bits per heavy atom. The van der Waals surface area contributed by atoms with E-state index in [2.05, 4.69) is 33.4 Å². The molecule has 1 amide bonds. The van der Waals surface area contributed by atoms with Gasteiger partial charge in [-0.3, -0.25) is 9.36 Å². The molecule has 1 saturated heterocycles. The lowest BCUT2D eigenvalue weighted by molar-refractivity contribution is -0.120. The molecule has 7 heteroatoms. The second-order valence-corrected chi connectivity index (χ2v) is 7.72. The number of carbonyl (C=O) groups is 1. The molecule has 0 radical (unpaired) electrons. The number of benzene rings is 1. The molecule has 0 spiro atoms. The van der Waals surface area contributed by atoms with Crippen molar-refractivity contribution >= 4 is 28.1 Å². The first kappa shape index (κ1) is 17.7. The van der Waals surface area contributed by atoms with E-state index in [4.69, 9.17) is 0 Å². The first-order chi connectivity index (χ1) is 13.2. The maximum atomic E-state index is 12.8. The zero-order chi connectivity index (χ0) is 18.6. The third-order valence-electron chi connectivity index (χ3n) is 4.89. The van der Waals surface area contributed by atoms with Gasteiger partial charge in [-0.2, -0.15) is 0 Å². The van der Waals surface area contributed by atoms with E-state index in [0.29, 0.717) is 6.54 Å². The number of nitrogens with zero attached hydrogens (tertiary/aromatic N) is 4. The number of carbonyl (C=O) groups excluding carboxylic acids is 1. The predicted octanol–water partition coefficient (Wildman–Crippen LogP) is 3.75. The van der Waals surface area contributed by atoms with Gasteiger partial charge < -0.3 is 10.2 Å². The summed E-state index contributed by atoms with van der Waals surface area (Å²) in [7, 11) is 0. The third kappa shape index (κ3) is 4.03. The van der Waals surface area contributed by atoms with Gasteiger partial charge in [0.25, 0.3) is 0 Å². The Morgan fingerprint density at radius 3 is 2.85 bits per heavy atom. The van der Waals surface area contributed by atoms with E-state index < -0.39 is 0 Å². The minimum absolute atomic E-state index is 0.0389. The molecule has 0 aliphatic carbocycles. The molecule has 27 heavy (non-hydrogen) atoms. The van der Waals surface area contributed by atoms with E-state index >= 15 is 0 Å². The van der Waals surface area contributed by atoms with Crippen LogP contribution < -0.4 is 10.2 Å². The van der Waals surface area contributed by atoms with Crippen LogP contribution in [0.5, 0.6) is 0 Å². The summed E-state index contributed by atoms with van der Waals surface area (Å²) in [5.41, 5.74) is 2.10. The molecule has 1 aliphatic rings. The highest BCUT2D eigenvalue weighted by atomic mass is 32.1. The Morgan fingerprint density at radius 2 is 2.04 bits per heavy atom. The van der Waals surface area contributed by atoms with E-state index in [1.54, 1.807) is 11.3 Å². The topological polar surface area (TPSA) is 63.1 Å². The summed E-state index contributed by atoms with van der Waals surface area (Å²) in [6.45, 7) is 3.71. The van der Waals surface area contributed by atoms with Crippen molar-refractivity contribution in [3.05, 3.63) is 54.4 Å². The number of piperidine rings is 1. The fourth-order valence-corrected chi connectivity index (χ4v) is 4.23. The predicted molar refractivity (Wildman–Crippen MR) is 109 cm³/mol. The second kappa shape index (κ2) is 7.92. The number of anilines is 2. The number of amides is 1. The van der Waals surface area contributed by atoms with Gasteiger partial charge in [0.15, 0.2) is 0 Å². The molecule has 1 atom stereocenters. The van der Waals surface area contributed by atoms with E-state index in [1.807, 2.05) is 47.3 Å². The summed E-state index contributed by atoms with van der Waals surface area (Å²) < 4.78 is 1.95. The lowest BCUT2D eigenvalue weighted by atomic mass is 9.97. The van der Waals surface area contributed by atoms with Gasteiger partial charge in [-0.1, -0.05) is 30.4 Å². The van der Waals surface area contributed by atoms with Gasteiger partial charge in [-0.25, -0.2) is 0 Å². The number of aromatic nitrogens is 3.